The fourth-order valence-electron chi connectivity index (χ4n) is 2.42. The lowest BCUT2D eigenvalue weighted by molar-refractivity contribution is -0.132. The molecule has 0 aromatic heterocycles. The highest BCUT2D eigenvalue weighted by atomic mass is 16.5. The molecule has 0 spiro atoms. The Kier molecular flexibility index (Phi) is 7.01. The molecular weight excluding hydrogens is 316 g/mol. The summed E-state index contributed by atoms with van der Waals surface area (Å²) in [6.45, 7) is 5.60. The summed E-state index contributed by atoms with van der Waals surface area (Å²) in [5.41, 5.74) is 1.54. The fraction of sp³-hybridized carbons (Fsp3) is 0.300. The number of nitrogens with zero attached hydrogens (tertiary/aromatic N) is 1. The Morgan fingerprint density at radius 3 is 2.40 bits per heavy atom. The maximum absolute atomic E-state index is 12.3. The molecule has 5 heteroatoms. The predicted molar refractivity (Wildman–Crippen MR) is 97.5 cm³/mol. The van der Waals surface area contributed by atoms with Crippen molar-refractivity contribution in [3.8, 4) is 5.75 Å². The van der Waals surface area contributed by atoms with Crippen molar-refractivity contribution in [2.75, 3.05) is 19.7 Å². The highest BCUT2D eigenvalue weighted by Crippen LogP contribution is 2.14. The molecule has 0 radical (unpaired) electrons. The number of amides is 2. The van der Waals surface area contributed by atoms with Crippen LogP contribution in [0.5, 0.6) is 5.75 Å². The van der Waals surface area contributed by atoms with Crippen molar-refractivity contribution >= 4 is 11.8 Å². The largest absolute Gasteiger partial charge is 0.484 e. The maximum Gasteiger partial charge on any atom is 0.260 e. The number of carbonyl (C=O) groups is 2. The smallest absolute Gasteiger partial charge is 0.260 e. The van der Waals surface area contributed by atoms with Crippen LogP contribution in [0.15, 0.2) is 54.6 Å². The van der Waals surface area contributed by atoms with Crippen LogP contribution in [-0.4, -0.2) is 36.4 Å². The van der Waals surface area contributed by atoms with Gasteiger partial charge in [0.1, 0.15) is 5.75 Å². The molecule has 2 aromatic carbocycles. The van der Waals surface area contributed by atoms with Crippen molar-refractivity contribution in [1.29, 1.82) is 0 Å². The van der Waals surface area contributed by atoms with Crippen LogP contribution in [0, 0.1) is 0 Å². The highest BCUT2D eigenvalue weighted by molar-refractivity contribution is 5.94. The van der Waals surface area contributed by atoms with Gasteiger partial charge in [-0.3, -0.25) is 9.59 Å². The molecule has 2 rings (SSSR count). The number of hydrogen-bond donors (Lipinski definition) is 1. The number of hydrogen-bond acceptors (Lipinski definition) is 3. The zero-order chi connectivity index (χ0) is 18.1. The Morgan fingerprint density at radius 2 is 1.72 bits per heavy atom. The molecule has 132 valence electrons. The van der Waals surface area contributed by atoms with E-state index in [1.54, 1.807) is 29.2 Å². The van der Waals surface area contributed by atoms with Crippen molar-refractivity contribution in [3.63, 3.8) is 0 Å². The third kappa shape index (κ3) is 5.64. The summed E-state index contributed by atoms with van der Waals surface area (Å²) in [6, 6.07) is 16.6. The van der Waals surface area contributed by atoms with Crippen molar-refractivity contribution < 1.29 is 14.3 Å². The number of nitrogens with one attached hydrogen (secondary N) is 1. The molecule has 2 aromatic rings. The van der Waals surface area contributed by atoms with Crippen molar-refractivity contribution in [2.45, 2.75) is 20.4 Å². The first-order valence-electron chi connectivity index (χ1n) is 8.46. The molecule has 1 N–H and O–H groups in total. The van der Waals surface area contributed by atoms with Gasteiger partial charge in [0.2, 0.25) is 0 Å². The Morgan fingerprint density at radius 1 is 1.00 bits per heavy atom. The van der Waals surface area contributed by atoms with Crippen molar-refractivity contribution in [2.24, 2.45) is 0 Å². The second kappa shape index (κ2) is 9.47. The van der Waals surface area contributed by atoms with Crippen LogP contribution in [0.4, 0.5) is 0 Å². The predicted octanol–water partition coefficient (Wildman–Crippen LogP) is 2.86. The molecule has 2 amide bonds. The molecular formula is C20H24N2O3. The van der Waals surface area contributed by atoms with E-state index in [-0.39, 0.29) is 18.4 Å². The van der Waals surface area contributed by atoms with Crippen LogP contribution in [0.2, 0.25) is 0 Å². The maximum atomic E-state index is 12.3. The van der Waals surface area contributed by atoms with Crippen LogP contribution >= 0.6 is 0 Å². The van der Waals surface area contributed by atoms with Crippen LogP contribution in [0.3, 0.4) is 0 Å². The van der Waals surface area contributed by atoms with Gasteiger partial charge in [0, 0.05) is 25.2 Å². The molecule has 0 aliphatic carbocycles. The average Bonchev–Trinajstić information content (AvgIpc) is 2.66. The van der Waals surface area contributed by atoms with E-state index < -0.39 is 0 Å². The fourth-order valence-corrected chi connectivity index (χ4v) is 2.42. The van der Waals surface area contributed by atoms with Crippen LogP contribution < -0.4 is 10.1 Å². The van der Waals surface area contributed by atoms with Crippen LogP contribution in [0.1, 0.15) is 29.8 Å². The molecule has 0 atom stereocenters. The number of ether oxygens (including phenoxy) is 1. The molecule has 0 saturated heterocycles. The molecule has 0 unspecified atom stereocenters. The van der Waals surface area contributed by atoms with Gasteiger partial charge in [-0.1, -0.05) is 36.4 Å². The lowest BCUT2D eigenvalue weighted by atomic mass is 10.2. The van der Waals surface area contributed by atoms with E-state index in [0.717, 1.165) is 5.56 Å². The Balaban J connectivity index is 1.91. The van der Waals surface area contributed by atoms with Gasteiger partial charge in [-0.15, -0.1) is 0 Å². The molecule has 0 heterocycles. The number of carbonyl (C=O) groups excluding carboxylic acids is 2. The SMILES string of the molecule is CCN(CC)C(=O)COc1cccc(C(=O)NCc2ccccc2)c1. The zero-order valence-corrected chi connectivity index (χ0v) is 14.7. The summed E-state index contributed by atoms with van der Waals surface area (Å²) in [4.78, 5) is 26.0. The standard InChI is InChI=1S/C20H24N2O3/c1-3-22(4-2)19(23)15-25-18-12-8-11-17(13-18)20(24)21-14-16-9-6-5-7-10-16/h5-13H,3-4,14-15H2,1-2H3,(H,21,24). The van der Waals surface area contributed by atoms with Crippen LogP contribution in [0.25, 0.3) is 0 Å². The topological polar surface area (TPSA) is 58.6 Å². The van der Waals surface area contributed by atoms with Crippen molar-refractivity contribution in [3.05, 3.63) is 65.7 Å². The Labute approximate surface area is 148 Å². The van der Waals surface area contributed by atoms with Gasteiger partial charge in [0.25, 0.3) is 11.8 Å². The van der Waals surface area contributed by atoms with Gasteiger partial charge < -0.3 is 15.0 Å². The quantitative estimate of drug-likeness (QED) is 0.804. The second-order valence-corrected chi connectivity index (χ2v) is 5.55. The summed E-state index contributed by atoms with van der Waals surface area (Å²) < 4.78 is 5.53. The van der Waals surface area contributed by atoms with E-state index in [9.17, 15) is 9.59 Å². The first kappa shape index (κ1) is 18.5. The van der Waals surface area contributed by atoms with Gasteiger partial charge in [-0.05, 0) is 37.6 Å². The lowest BCUT2D eigenvalue weighted by Gasteiger charge is -2.18. The van der Waals surface area contributed by atoms with Crippen LogP contribution in [-0.2, 0) is 11.3 Å². The van der Waals surface area contributed by atoms with E-state index in [1.807, 2.05) is 44.2 Å². The highest BCUT2D eigenvalue weighted by Gasteiger charge is 2.11. The van der Waals surface area contributed by atoms with Gasteiger partial charge in [0.15, 0.2) is 6.61 Å². The van der Waals surface area contributed by atoms with E-state index in [0.29, 0.717) is 30.9 Å². The number of benzene rings is 2. The normalized spacial score (nSPS) is 10.2. The summed E-state index contributed by atoms with van der Waals surface area (Å²) >= 11 is 0. The first-order chi connectivity index (χ1) is 12.1. The lowest BCUT2D eigenvalue weighted by Crippen LogP contribution is -2.34. The molecule has 25 heavy (non-hydrogen) atoms. The Bertz CT molecular complexity index is 697. The molecule has 0 bridgehead atoms. The van der Waals surface area contributed by atoms with E-state index in [1.165, 1.54) is 0 Å². The zero-order valence-electron chi connectivity index (χ0n) is 14.7. The van der Waals surface area contributed by atoms with Gasteiger partial charge >= 0.3 is 0 Å². The second-order valence-electron chi connectivity index (χ2n) is 5.55. The minimum atomic E-state index is -0.177. The molecule has 0 aliphatic heterocycles. The Hall–Kier alpha value is -2.82. The van der Waals surface area contributed by atoms with E-state index in [2.05, 4.69) is 5.32 Å². The summed E-state index contributed by atoms with van der Waals surface area (Å²) in [5, 5.41) is 2.87. The van der Waals surface area contributed by atoms with Crippen molar-refractivity contribution in [1.82, 2.24) is 10.2 Å². The number of likely N-dealkylation sites (N-methyl/N-ethyl adjacent to an activating group) is 1. The third-order valence-corrected chi connectivity index (χ3v) is 3.87. The third-order valence-electron chi connectivity index (χ3n) is 3.87. The summed E-state index contributed by atoms with van der Waals surface area (Å²) in [7, 11) is 0. The summed E-state index contributed by atoms with van der Waals surface area (Å²) in [5.74, 6) is 0.265. The molecule has 0 aliphatic rings. The van der Waals surface area contributed by atoms with Gasteiger partial charge in [-0.25, -0.2) is 0 Å². The first-order valence-corrected chi connectivity index (χ1v) is 8.46. The van der Waals surface area contributed by atoms with E-state index >= 15 is 0 Å². The van der Waals surface area contributed by atoms with Gasteiger partial charge in [0.05, 0.1) is 0 Å². The molecule has 0 fully saturated rings. The summed E-state index contributed by atoms with van der Waals surface area (Å²) in [6.07, 6.45) is 0. The number of rotatable bonds is 8. The minimum Gasteiger partial charge on any atom is -0.484 e. The molecule has 0 saturated carbocycles. The van der Waals surface area contributed by atoms with E-state index in [4.69, 9.17) is 4.74 Å². The van der Waals surface area contributed by atoms with Gasteiger partial charge in [-0.2, -0.15) is 0 Å². The molecule has 5 nitrogen and oxygen atoms in total. The average molecular weight is 340 g/mol. The monoisotopic (exact) mass is 340 g/mol. The minimum absolute atomic E-state index is 0.0310.